The van der Waals surface area contributed by atoms with Crippen LogP contribution in [-0.4, -0.2) is 11.2 Å². The molecule has 1 aromatic rings. The smallest absolute Gasteiger partial charge is 0.174 e. The normalized spacial score (nSPS) is 16.8. The maximum Gasteiger partial charge on any atom is 0.174 e. The van der Waals surface area contributed by atoms with Crippen LogP contribution in [0.4, 0.5) is 0 Å². The van der Waals surface area contributed by atoms with Gasteiger partial charge in [-0.2, -0.15) is 0 Å². The summed E-state index contributed by atoms with van der Waals surface area (Å²) in [4.78, 5) is 0.666. The highest BCUT2D eigenvalue weighted by Crippen LogP contribution is 2.26. The highest BCUT2D eigenvalue weighted by molar-refractivity contribution is 7.89. The van der Waals surface area contributed by atoms with Gasteiger partial charge in [0.2, 0.25) is 0 Å². The van der Waals surface area contributed by atoms with E-state index in [1.54, 1.807) is 6.07 Å². The Kier molecular flexibility index (Phi) is 1.96. The number of benzene rings is 1. The number of rotatable bonds is 1. The van der Waals surface area contributed by atoms with Crippen LogP contribution in [0.25, 0.3) is 0 Å². The lowest BCUT2D eigenvalue weighted by Crippen LogP contribution is -2.12. The third-order valence-electron chi connectivity index (χ3n) is 1.89. The monoisotopic (exact) mass is 183 g/mol. The van der Waals surface area contributed by atoms with Crippen LogP contribution < -0.4 is 9.88 Å². The van der Waals surface area contributed by atoms with Crippen molar-refractivity contribution in [3.8, 4) is 5.75 Å². The highest BCUT2D eigenvalue weighted by Gasteiger charge is 2.15. The van der Waals surface area contributed by atoms with Crippen LogP contribution in [0.3, 0.4) is 0 Å². The van der Waals surface area contributed by atoms with Gasteiger partial charge in [0.25, 0.3) is 0 Å². The fourth-order valence-electron chi connectivity index (χ4n) is 1.29. The minimum Gasteiger partial charge on any atom is -0.593 e. The maximum absolute atomic E-state index is 10.9. The van der Waals surface area contributed by atoms with Gasteiger partial charge in [-0.1, -0.05) is 0 Å². The van der Waals surface area contributed by atoms with Crippen LogP contribution in [0.5, 0.6) is 5.75 Å². The lowest BCUT2D eigenvalue weighted by molar-refractivity contribution is 0.356. The fourth-order valence-corrected chi connectivity index (χ4v) is 1.75. The Balaban J connectivity index is 2.39. The molecule has 0 aliphatic carbocycles. The van der Waals surface area contributed by atoms with Gasteiger partial charge in [-0.3, -0.25) is 0 Å². The second-order valence-corrected chi connectivity index (χ2v) is 3.73. The Morgan fingerprint density at radius 3 is 3.08 bits per heavy atom. The van der Waals surface area contributed by atoms with Crippen molar-refractivity contribution in [2.75, 3.05) is 6.61 Å². The second-order valence-electron chi connectivity index (χ2n) is 2.67. The largest absolute Gasteiger partial charge is 0.593 e. The molecule has 0 bridgehead atoms. The number of fused-ring (bicyclic) bond motifs is 1. The van der Waals surface area contributed by atoms with Gasteiger partial charge in [0.15, 0.2) is 4.90 Å². The molecule has 0 amide bonds. The molecule has 2 N–H and O–H groups in total. The third kappa shape index (κ3) is 1.29. The number of ether oxygens (including phenoxy) is 1. The van der Waals surface area contributed by atoms with E-state index in [1.807, 2.05) is 12.1 Å². The van der Waals surface area contributed by atoms with Gasteiger partial charge in [-0.25, -0.2) is 0 Å². The summed E-state index contributed by atoms with van der Waals surface area (Å²) in [6, 6.07) is 5.40. The van der Waals surface area contributed by atoms with Crippen LogP contribution in [-0.2, 0) is 17.8 Å². The van der Waals surface area contributed by atoms with Gasteiger partial charge >= 0.3 is 0 Å². The summed E-state index contributed by atoms with van der Waals surface area (Å²) < 4.78 is 16.2. The van der Waals surface area contributed by atoms with Crippen LogP contribution in [0.1, 0.15) is 5.56 Å². The molecule has 0 spiro atoms. The van der Waals surface area contributed by atoms with E-state index in [2.05, 4.69) is 0 Å². The zero-order valence-corrected chi connectivity index (χ0v) is 7.26. The van der Waals surface area contributed by atoms with Crippen molar-refractivity contribution in [2.45, 2.75) is 11.3 Å². The fraction of sp³-hybridized carbons (Fsp3) is 0.250. The lowest BCUT2D eigenvalue weighted by Gasteiger charge is -2.03. The Bertz CT molecular complexity index is 301. The summed E-state index contributed by atoms with van der Waals surface area (Å²) in [6.45, 7) is 0.718. The number of hydrogen-bond acceptors (Lipinski definition) is 3. The van der Waals surface area contributed by atoms with Crippen LogP contribution in [0.2, 0.25) is 0 Å². The molecule has 3 nitrogen and oxygen atoms in total. The number of hydrogen-bond donors (Lipinski definition) is 1. The molecular weight excluding hydrogens is 174 g/mol. The van der Waals surface area contributed by atoms with E-state index in [1.165, 1.54) is 0 Å². The molecule has 1 heterocycles. The molecule has 1 aliphatic rings. The molecule has 0 saturated heterocycles. The van der Waals surface area contributed by atoms with Crippen LogP contribution >= 0.6 is 0 Å². The Hall–Kier alpha value is -0.710. The van der Waals surface area contributed by atoms with Gasteiger partial charge in [-0.15, -0.1) is 5.14 Å². The van der Waals surface area contributed by atoms with Crippen molar-refractivity contribution >= 4 is 11.4 Å². The summed E-state index contributed by atoms with van der Waals surface area (Å²) in [5.41, 5.74) is 1.10. The highest BCUT2D eigenvalue weighted by atomic mass is 32.2. The molecule has 0 radical (unpaired) electrons. The first-order valence-electron chi connectivity index (χ1n) is 3.69. The van der Waals surface area contributed by atoms with E-state index in [0.29, 0.717) is 4.90 Å². The van der Waals surface area contributed by atoms with Crippen molar-refractivity contribution < 1.29 is 9.29 Å². The standard InChI is InChI=1S/C8H9NO2S/c9-12(10)7-1-2-8-6(5-7)3-4-11-8/h1-2,5H,3-4,9H2. The van der Waals surface area contributed by atoms with Gasteiger partial charge in [0, 0.05) is 18.1 Å². The van der Waals surface area contributed by atoms with Gasteiger partial charge in [-0.05, 0) is 12.1 Å². The first-order chi connectivity index (χ1) is 5.77. The quantitative estimate of drug-likeness (QED) is 0.649. The summed E-state index contributed by atoms with van der Waals surface area (Å²) in [6.07, 6.45) is 0.889. The third-order valence-corrected chi connectivity index (χ3v) is 2.61. The minimum atomic E-state index is -1.38. The van der Waals surface area contributed by atoms with Crippen LogP contribution in [0.15, 0.2) is 23.1 Å². The average Bonchev–Trinajstić information content (AvgIpc) is 2.49. The lowest BCUT2D eigenvalue weighted by atomic mass is 10.2. The Morgan fingerprint density at radius 1 is 1.50 bits per heavy atom. The van der Waals surface area contributed by atoms with Crippen molar-refractivity contribution in [1.29, 1.82) is 0 Å². The van der Waals surface area contributed by atoms with Crippen molar-refractivity contribution in [1.82, 2.24) is 0 Å². The van der Waals surface area contributed by atoms with Crippen molar-refractivity contribution in [2.24, 2.45) is 5.14 Å². The molecule has 64 valence electrons. The van der Waals surface area contributed by atoms with E-state index in [9.17, 15) is 4.55 Å². The molecule has 4 heteroatoms. The first-order valence-corrected chi connectivity index (χ1v) is 4.90. The Morgan fingerprint density at radius 2 is 2.33 bits per heavy atom. The van der Waals surface area contributed by atoms with Crippen molar-refractivity contribution in [3.63, 3.8) is 0 Å². The molecule has 1 atom stereocenters. The first kappa shape index (κ1) is 7.91. The summed E-state index contributed by atoms with van der Waals surface area (Å²) in [5.74, 6) is 0.893. The minimum absolute atomic E-state index is 0.666. The topological polar surface area (TPSA) is 58.3 Å². The van der Waals surface area contributed by atoms with E-state index in [4.69, 9.17) is 9.88 Å². The van der Waals surface area contributed by atoms with E-state index in [0.717, 1.165) is 24.3 Å². The Labute approximate surface area is 73.8 Å². The molecule has 0 saturated carbocycles. The molecule has 2 rings (SSSR count). The van der Waals surface area contributed by atoms with E-state index < -0.39 is 11.4 Å². The molecule has 1 unspecified atom stereocenters. The summed E-state index contributed by atoms with van der Waals surface area (Å²) in [7, 11) is 0. The van der Waals surface area contributed by atoms with E-state index >= 15 is 0 Å². The van der Waals surface area contributed by atoms with E-state index in [-0.39, 0.29) is 0 Å². The molecule has 12 heavy (non-hydrogen) atoms. The summed E-state index contributed by atoms with van der Waals surface area (Å²) in [5, 5.41) is 5.24. The van der Waals surface area contributed by atoms with Gasteiger partial charge in [0.05, 0.1) is 18.0 Å². The SMILES string of the molecule is N[S+]([O-])c1ccc2c(c1)CCO2. The predicted molar refractivity (Wildman–Crippen MR) is 46.2 cm³/mol. The van der Waals surface area contributed by atoms with Crippen LogP contribution in [0, 0.1) is 0 Å². The molecule has 0 fully saturated rings. The number of nitrogens with two attached hydrogens (primary N) is 1. The zero-order chi connectivity index (χ0) is 8.55. The van der Waals surface area contributed by atoms with Gasteiger partial charge in [0.1, 0.15) is 5.75 Å². The maximum atomic E-state index is 10.9. The average molecular weight is 183 g/mol. The predicted octanol–water partition coefficient (Wildman–Crippen LogP) is 0.603. The molecule has 1 aromatic carbocycles. The second kappa shape index (κ2) is 2.97. The summed E-state index contributed by atoms with van der Waals surface area (Å²) >= 11 is -1.38. The van der Waals surface area contributed by atoms with Gasteiger partial charge < -0.3 is 9.29 Å². The zero-order valence-electron chi connectivity index (χ0n) is 6.45. The molecular formula is C8H9NO2S. The van der Waals surface area contributed by atoms with Crippen molar-refractivity contribution in [3.05, 3.63) is 23.8 Å². The molecule has 1 aliphatic heterocycles. The molecule has 0 aromatic heterocycles.